The quantitative estimate of drug-likeness (QED) is 0.415. The van der Waals surface area contributed by atoms with E-state index in [1.54, 1.807) is 11.8 Å². The molecule has 1 rings (SSSR count). The number of allylic oxidation sites excluding steroid dienone is 3. The van der Waals surface area contributed by atoms with Gasteiger partial charge in [0.15, 0.2) is 5.44 Å². The molecule has 3 heteroatoms. The Morgan fingerprint density at radius 3 is 2.58 bits per heavy atom. The third-order valence-electron chi connectivity index (χ3n) is 3.06. The second-order valence-electron chi connectivity index (χ2n) is 6.26. The lowest BCUT2D eigenvalue weighted by molar-refractivity contribution is -0.146. The van der Waals surface area contributed by atoms with E-state index in [4.69, 9.17) is 4.74 Å². The minimum Gasteiger partial charge on any atom is -0.449 e. The molecule has 1 heterocycles. The van der Waals surface area contributed by atoms with Crippen LogP contribution in [0.25, 0.3) is 0 Å². The predicted octanol–water partition coefficient (Wildman–Crippen LogP) is 4.71. The van der Waals surface area contributed by atoms with Crippen LogP contribution in [0, 0.1) is 5.41 Å². The minimum atomic E-state index is -0.549. The van der Waals surface area contributed by atoms with Gasteiger partial charge < -0.3 is 4.74 Å². The molecule has 2 nitrogen and oxygen atoms in total. The first kappa shape index (κ1) is 16.4. The van der Waals surface area contributed by atoms with Crippen LogP contribution in [0.3, 0.4) is 0 Å². The molecule has 0 amide bonds. The molecular weight excluding hydrogens is 256 g/mol. The highest BCUT2D eigenvalue weighted by atomic mass is 32.2. The number of thioether (sulfide) groups is 1. The van der Waals surface area contributed by atoms with E-state index in [0.717, 1.165) is 6.42 Å². The number of unbranched alkanes of at least 4 members (excludes halogenated alkanes) is 2. The molecular formula is C16H26O2S. The molecule has 1 saturated heterocycles. The monoisotopic (exact) mass is 282 g/mol. The van der Waals surface area contributed by atoms with Crippen LogP contribution in [0.2, 0.25) is 0 Å². The van der Waals surface area contributed by atoms with E-state index in [1.807, 2.05) is 25.2 Å². The maximum Gasteiger partial charge on any atom is 0.327 e. The van der Waals surface area contributed by atoms with E-state index in [2.05, 4.69) is 33.8 Å². The highest BCUT2D eigenvalue weighted by Crippen LogP contribution is 2.46. The lowest BCUT2D eigenvalue weighted by Gasteiger charge is -2.24. The van der Waals surface area contributed by atoms with Gasteiger partial charge in [0.2, 0.25) is 0 Å². The van der Waals surface area contributed by atoms with E-state index in [9.17, 15) is 4.79 Å². The zero-order valence-corrected chi connectivity index (χ0v) is 13.5. The first-order valence-corrected chi connectivity index (χ1v) is 7.91. The molecule has 0 spiro atoms. The van der Waals surface area contributed by atoms with Crippen molar-refractivity contribution in [2.75, 3.05) is 0 Å². The molecule has 0 unspecified atom stereocenters. The third-order valence-corrected chi connectivity index (χ3v) is 4.87. The molecule has 0 aromatic rings. The standard InChI is InChI=1S/C16H26O2S/c1-6-7-8-9-10-11-12-16(5)13(17)18-14(19-16)15(2,3)4/h9-12,14H,6-8H2,1-5H3/b10-9+,12-11+/t14-,16-/m1/s1. The highest BCUT2D eigenvalue weighted by molar-refractivity contribution is 8.02. The Kier molecular flexibility index (Phi) is 5.72. The Balaban J connectivity index is 2.59. The molecule has 0 aromatic heterocycles. The van der Waals surface area contributed by atoms with Gasteiger partial charge in [-0.15, -0.1) is 0 Å². The zero-order chi connectivity index (χ0) is 14.5. The maximum atomic E-state index is 12.0. The summed E-state index contributed by atoms with van der Waals surface area (Å²) < 4.78 is 4.94. The van der Waals surface area contributed by atoms with Crippen LogP contribution in [0.4, 0.5) is 0 Å². The number of rotatable bonds is 5. The fourth-order valence-electron chi connectivity index (χ4n) is 1.71. The number of carbonyl (C=O) groups is 1. The Bertz CT molecular complexity index is 365. The second kappa shape index (κ2) is 6.65. The molecule has 0 aliphatic carbocycles. The summed E-state index contributed by atoms with van der Waals surface area (Å²) >= 11 is 1.60. The highest BCUT2D eigenvalue weighted by Gasteiger charge is 2.48. The molecule has 1 aliphatic rings. The lowest BCUT2D eigenvalue weighted by Crippen LogP contribution is -2.24. The largest absolute Gasteiger partial charge is 0.449 e. The summed E-state index contributed by atoms with van der Waals surface area (Å²) in [6, 6.07) is 0. The molecule has 0 N–H and O–H groups in total. The van der Waals surface area contributed by atoms with Crippen molar-refractivity contribution >= 4 is 17.7 Å². The zero-order valence-electron chi connectivity index (χ0n) is 12.7. The average molecular weight is 282 g/mol. The van der Waals surface area contributed by atoms with E-state index in [0.29, 0.717) is 0 Å². The molecule has 1 aliphatic heterocycles. The Morgan fingerprint density at radius 1 is 1.37 bits per heavy atom. The molecule has 0 radical (unpaired) electrons. The van der Waals surface area contributed by atoms with Crippen LogP contribution in [0.5, 0.6) is 0 Å². The summed E-state index contributed by atoms with van der Waals surface area (Å²) in [5.41, 5.74) is -0.0955. The topological polar surface area (TPSA) is 26.3 Å². The summed E-state index contributed by atoms with van der Waals surface area (Å²) in [6.45, 7) is 10.4. The molecule has 0 bridgehead atoms. The summed E-state index contributed by atoms with van der Waals surface area (Å²) in [7, 11) is 0. The molecule has 2 atom stereocenters. The van der Waals surface area contributed by atoms with Crippen molar-refractivity contribution in [2.24, 2.45) is 5.41 Å². The Morgan fingerprint density at radius 2 is 2.05 bits per heavy atom. The van der Waals surface area contributed by atoms with Gasteiger partial charge in [0, 0.05) is 5.41 Å². The number of esters is 1. The molecule has 0 aromatic carbocycles. The third kappa shape index (κ3) is 4.72. The SMILES string of the molecule is CCCC/C=C/C=C/[C@@]1(C)S[C@H](C(C)(C)C)OC1=O. The van der Waals surface area contributed by atoms with Gasteiger partial charge in [0.05, 0.1) is 0 Å². The molecule has 0 saturated carbocycles. The summed E-state index contributed by atoms with van der Waals surface area (Å²) in [6.07, 6.45) is 11.6. The van der Waals surface area contributed by atoms with Crippen molar-refractivity contribution in [1.29, 1.82) is 0 Å². The van der Waals surface area contributed by atoms with E-state index >= 15 is 0 Å². The summed E-state index contributed by atoms with van der Waals surface area (Å²) in [5, 5.41) is 0. The van der Waals surface area contributed by atoms with Crippen molar-refractivity contribution in [1.82, 2.24) is 0 Å². The van der Waals surface area contributed by atoms with Gasteiger partial charge in [-0.25, -0.2) is 0 Å². The van der Waals surface area contributed by atoms with E-state index in [1.165, 1.54) is 12.8 Å². The number of carbonyl (C=O) groups excluding carboxylic acids is 1. The lowest BCUT2D eigenvalue weighted by atomic mass is 9.98. The number of cyclic esters (lactones) is 1. The maximum absolute atomic E-state index is 12.0. The van der Waals surface area contributed by atoms with E-state index in [-0.39, 0.29) is 16.8 Å². The van der Waals surface area contributed by atoms with Crippen LogP contribution >= 0.6 is 11.8 Å². The van der Waals surface area contributed by atoms with Crippen molar-refractivity contribution in [3.8, 4) is 0 Å². The first-order chi connectivity index (χ1) is 8.79. The minimum absolute atomic E-state index is 0.0249. The van der Waals surface area contributed by atoms with Crippen molar-refractivity contribution in [3.63, 3.8) is 0 Å². The number of ether oxygens (including phenoxy) is 1. The van der Waals surface area contributed by atoms with Crippen LogP contribution < -0.4 is 0 Å². The smallest absolute Gasteiger partial charge is 0.327 e. The van der Waals surface area contributed by atoms with Crippen molar-refractivity contribution < 1.29 is 9.53 Å². The van der Waals surface area contributed by atoms with Crippen molar-refractivity contribution in [3.05, 3.63) is 24.3 Å². The Labute approximate surface area is 121 Å². The summed E-state index contributed by atoms with van der Waals surface area (Å²) in [5.74, 6) is -0.129. The molecule has 108 valence electrons. The van der Waals surface area contributed by atoms with Gasteiger partial charge >= 0.3 is 5.97 Å². The Hall–Kier alpha value is -0.700. The number of hydrogen-bond donors (Lipinski definition) is 0. The predicted molar refractivity (Wildman–Crippen MR) is 83.1 cm³/mol. The van der Waals surface area contributed by atoms with Crippen LogP contribution in [0.15, 0.2) is 24.3 Å². The van der Waals surface area contributed by atoms with Gasteiger partial charge in [0.25, 0.3) is 0 Å². The fraction of sp³-hybridized carbons (Fsp3) is 0.688. The number of hydrogen-bond acceptors (Lipinski definition) is 3. The van der Waals surface area contributed by atoms with E-state index < -0.39 is 4.75 Å². The van der Waals surface area contributed by atoms with Gasteiger partial charge in [0.1, 0.15) is 4.75 Å². The van der Waals surface area contributed by atoms with Gasteiger partial charge in [-0.3, -0.25) is 4.79 Å². The van der Waals surface area contributed by atoms with Crippen molar-refractivity contribution in [2.45, 2.75) is 64.1 Å². The van der Waals surface area contributed by atoms with Gasteiger partial charge in [-0.2, -0.15) is 0 Å². The normalized spacial score (nSPS) is 28.5. The summed E-state index contributed by atoms with van der Waals surface area (Å²) in [4.78, 5) is 12.0. The fourth-order valence-corrected chi connectivity index (χ4v) is 2.94. The average Bonchev–Trinajstić information content (AvgIpc) is 2.61. The van der Waals surface area contributed by atoms with Crippen LogP contribution in [-0.2, 0) is 9.53 Å². The first-order valence-electron chi connectivity index (χ1n) is 7.03. The van der Waals surface area contributed by atoms with Gasteiger partial charge in [-0.1, -0.05) is 76.6 Å². The van der Waals surface area contributed by atoms with Crippen LogP contribution in [0.1, 0.15) is 53.9 Å². The second-order valence-corrected chi connectivity index (χ2v) is 7.77. The molecule has 19 heavy (non-hydrogen) atoms. The van der Waals surface area contributed by atoms with Gasteiger partial charge in [-0.05, 0) is 13.3 Å². The molecule has 1 fully saturated rings. The van der Waals surface area contributed by atoms with Crippen LogP contribution in [-0.4, -0.2) is 16.2 Å².